The number of nitrogens with one attached hydrogen (secondary N) is 1. The molecule has 1 amide bonds. The van der Waals surface area contributed by atoms with Gasteiger partial charge in [-0.15, -0.1) is 0 Å². The smallest absolute Gasteiger partial charge is 0.664 e. The van der Waals surface area contributed by atoms with E-state index in [9.17, 15) is 4.79 Å². The van der Waals surface area contributed by atoms with Gasteiger partial charge in [-0.2, -0.15) is 0 Å². The molecule has 0 aromatic heterocycles. The summed E-state index contributed by atoms with van der Waals surface area (Å²) in [5.41, 5.74) is 6.07. The second-order valence-corrected chi connectivity index (χ2v) is 0.568. The summed E-state index contributed by atoms with van der Waals surface area (Å²) in [5, 5.41) is 0. The molecule has 0 unspecified atom stereocenters. The Balaban J connectivity index is 0. The summed E-state index contributed by atoms with van der Waals surface area (Å²) in [6.45, 7) is 3.02. The van der Waals surface area contributed by atoms with E-state index in [2.05, 4.69) is 6.58 Å². The topological polar surface area (TPSA) is 40.9 Å². The molecular weight excluding hydrogens is 105 g/mol. The van der Waals surface area contributed by atoms with E-state index in [0.29, 0.717) is 0 Å². The Morgan fingerprint density at radius 1 is 1.83 bits per heavy atom. The molecule has 28 valence electrons. The Morgan fingerprint density at radius 3 is 2.00 bits per heavy atom. The van der Waals surface area contributed by atoms with Crippen molar-refractivity contribution in [1.82, 2.24) is 0 Å². The molecule has 2 nitrogen and oxygen atoms in total. The van der Waals surface area contributed by atoms with Gasteiger partial charge in [0.1, 0.15) is 0 Å². The fraction of sp³-hybridized carbons (Fsp3) is 0. The third-order valence-corrected chi connectivity index (χ3v) is 0.185. The number of carbonyl (C=O) groups is 1. The van der Waals surface area contributed by atoms with Gasteiger partial charge < -0.3 is 10.5 Å². The molecule has 6 heavy (non-hydrogen) atoms. The van der Waals surface area contributed by atoms with Crippen molar-refractivity contribution in [3.63, 3.8) is 0 Å². The van der Waals surface area contributed by atoms with Crippen LogP contribution in [-0.2, 0) is 4.79 Å². The first-order valence-electron chi connectivity index (χ1n) is 1.15. The molecule has 0 saturated carbocycles. The molecule has 0 aliphatic rings. The zero-order chi connectivity index (χ0) is 4.28. The van der Waals surface area contributed by atoms with Crippen molar-refractivity contribution in [3.05, 3.63) is 18.4 Å². The van der Waals surface area contributed by atoms with Crippen LogP contribution in [0.5, 0.6) is 0 Å². The van der Waals surface area contributed by atoms with Crippen LogP contribution in [0.15, 0.2) is 12.7 Å². The first-order valence-corrected chi connectivity index (χ1v) is 1.15. The summed E-state index contributed by atoms with van der Waals surface area (Å²) in [5.74, 6) is -0.731. The molecule has 0 aromatic rings. The number of amides is 1. The summed E-state index contributed by atoms with van der Waals surface area (Å²) in [7, 11) is 0. The Bertz CT molecular complexity index is 61.8. The molecule has 0 spiro atoms. The van der Waals surface area contributed by atoms with Gasteiger partial charge in [0.05, 0.1) is 5.91 Å². The molecule has 0 fully saturated rings. The van der Waals surface area contributed by atoms with E-state index in [1.54, 1.807) is 0 Å². The predicted molar refractivity (Wildman–Crippen MR) is 19.5 cm³/mol. The van der Waals surface area contributed by atoms with Crippen LogP contribution in [0.4, 0.5) is 0 Å². The van der Waals surface area contributed by atoms with Crippen LogP contribution in [-0.4, -0.2) is 5.91 Å². The van der Waals surface area contributed by atoms with E-state index >= 15 is 0 Å². The summed E-state index contributed by atoms with van der Waals surface area (Å²) in [6, 6.07) is 0. The van der Waals surface area contributed by atoms with Crippen molar-refractivity contribution in [2.45, 2.75) is 0 Å². The van der Waals surface area contributed by atoms with Gasteiger partial charge in [0.2, 0.25) is 0 Å². The van der Waals surface area contributed by atoms with Gasteiger partial charge in [0.15, 0.2) is 0 Å². The number of rotatable bonds is 1. The number of hydrogen-bond acceptors (Lipinski definition) is 1. The van der Waals surface area contributed by atoms with Crippen molar-refractivity contribution >= 4 is 5.91 Å². The van der Waals surface area contributed by atoms with E-state index in [1.807, 2.05) is 0 Å². The second kappa shape index (κ2) is 5.85. The minimum absolute atomic E-state index is 0. The summed E-state index contributed by atoms with van der Waals surface area (Å²) < 4.78 is 0. The molecular formula is C3H4KNO. The van der Waals surface area contributed by atoms with Crippen molar-refractivity contribution in [3.8, 4) is 0 Å². The number of carbonyl (C=O) groups excluding carboxylic acids is 1. The normalized spacial score (nSPS) is 5.33. The zero-order valence-corrected chi connectivity index (χ0v) is 6.82. The predicted octanol–water partition coefficient (Wildman–Crippen LogP) is -2.24. The quantitative estimate of drug-likeness (QED) is 0.277. The van der Waals surface area contributed by atoms with Crippen LogP contribution in [0, 0.1) is 0 Å². The maximum Gasteiger partial charge on any atom is 1.00 e. The Morgan fingerprint density at radius 2 is 2.00 bits per heavy atom. The van der Waals surface area contributed by atoms with E-state index < -0.39 is 5.91 Å². The standard InChI is InChI=1S/C3H5NO.K/c1-2-3(4)5;/h2H,1H2,(H2,4,5);/q;+1/p-1. The van der Waals surface area contributed by atoms with Crippen LogP contribution < -0.4 is 51.4 Å². The van der Waals surface area contributed by atoms with Crippen LogP contribution >= 0.6 is 0 Å². The molecule has 0 aliphatic carbocycles. The molecule has 0 bridgehead atoms. The SMILES string of the molecule is C=CC([NH-])=O.[K+]. The molecule has 0 rings (SSSR count). The Labute approximate surface area is 79.2 Å². The summed E-state index contributed by atoms with van der Waals surface area (Å²) >= 11 is 0. The molecule has 0 radical (unpaired) electrons. The maximum absolute atomic E-state index is 9.36. The molecule has 0 heterocycles. The van der Waals surface area contributed by atoms with Crippen molar-refractivity contribution in [1.29, 1.82) is 0 Å². The molecule has 0 aromatic carbocycles. The van der Waals surface area contributed by atoms with Gasteiger partial charge in [-0.1, -0.05) is 6.58 Å². The van der Waals surface area contributed by atoms with Crippen molar-refractivity contribution in [2.24, 2.45) is 0 Å². The van der Waals surface area contributed by atoms with Gasteiger partial charge in [-0.05, 0) is 6.08 Å². The minimum atomic E-state index is -0.731. The van der Waals surface area contributed by atoms with E-state index in [4.69, 9.17) is 5.73 Å². The summed E-state index contributed by atoms with van der Waals surface area (Å²) in [4.78, 5) is 9.36. The van der Waals surface area contributed by atoms with Crippen LogP contribution in [0.3, 0.4) is 0 Å². The van der Waals surface area contributed by atoms with Gasteiger partial charge in [0, 0.05) is 0 Å². The third-order valence-electron chi connectivity index (χ3n) is 0.185. The summed E-state index contributed by atoms with van der Waals surface area (Å²) in [6.07, 6.45) is 0.944. The maximum atomic E-state index is 9.36. The van der Waals surface area contributed by atoms with Gasteiger partial charge in [-0.25, -0.2) is 0 Å². The Hall–Kier alpha value is 0.846. The minimum Gasteiger partial charge on any atom is -0.664 e. The van der Waals surface area contributed by atoms with Crippen LogP contribution in [0.25, 0.3) is 5.73 Å². The van der Waals surface area contributed by atoms with Crippen LogP contribution in [0.2, 0.25) is 0 Å². The first kappa shape index (κ1) is 9.96. The van der Waals surface area contributed by atoms with Gasteiger partial charge >= 0.3 is 51.4 Å². The Kier molecular flexibility index (Phi) is 9.71. The molecule has 0 atom stereocenters. The molecule has 3 heteroatoms. The molecule has 0 saturated heterocycles. The van der Waals surface area contributed by atoms with E-state index in [1.165, 1.54) is 0 Å². The fourth-order valence-electron chi connectivity index (χ4n) is 0. The van der Waals surface area contributed by atoms with Crippen molar-refractivity contribution in [2.75, 3.05) is 0 Å². The van der Waals surface area contributed by atoms with Gasteiger partial charge in [-0.3, -0.25) is 0 Å². The first-order chi connectivity index (χ1) is 2.27. The van der Waals surface area contributed by atoms with E-state index in [-0.39, 0.29) is 51.4 Å². The largest absolute Gasteiger partial charge is 1.00 e. The third kappa shape index (κ3) is 8.85. The second-order valence-electron chi connectivity index (χ2n) is 0.568. The molecule has 1 N–H and O–H groups in total. The average Bonchev–Trinajstić information content (AvgIpc) is 1.38. The van der Waals surface area contributed by atoms with E-state index in [0.717, 1.165) is 6.08 Å². The van der Waals surface area contributed by atoms with Crippen LogP contribution in [0.1, 0.15) is 0 Å². The average molecular weight is 109 g/mol. The fourth-order valence-corrected chi connectivity index (χ4v) is 0. The monoisotopic (exact) mass is 109 g/mol. The zero-order valence-electron chi connectivity index (χ0n) is 3.69. The van der Waals surface area contributed by atoms with Gasteiger partial charge in [0.25, 0.3) is 0 Å². The number of hydrogen-bond donors (Lipinski definition) is 0. The van der Waals surface area contributed by atoms with Crippen molar-refractivity contribution < 1.29 is 56.2 Å². The molecule has 0 aliphatic heterocycles.